The van der Waals surface area contributed by atoms with E-state index in [0.717, 1.165) is 11.3 Å². The molecule has 1 aromatic carbocycles. The van der Waals surface area contributed by atoms with Gasteiger partial charge in [0.15, 0.2) is 0 Å². The molecule has 3 heteroatoms. The van der Waals surface area contributed by atoms with Crippen molar-refractivity contribution in [3.05, 3.63) is 29.3 Å². The first-order chi connectivity index (χ1) is 7.08. The molecule has 80 valence electrons. The van der Waals surface area contributed by atoms with Crippen molar-refractivity contribution >= 4 is 11.6 Å². The first kappa shape index (κ1) is 10.2. The number of rotatable bonds is 1. The predicted octanol–water partition coefficient (Wildman–Crippen LogP) is 1.37. The van der Waals surface area contributed by atoms with Gasteiger partial charge in [0.2, 0.25) is 5.91 Å². The molecule has 1 amide bonds. The van der Waals surface area contributed by atoms with Crippen LogP contribution in [0, 0.1) is 13.8 Å². The summed E-state index contributed by atoms with van der Waals surface area (Å²) < 4.78 is 0. The maximum absolute atomic E-state index is 11.7. The Balaban J connectivity index is 2.37. The largest absolute Gasteiger partial charge is 0.326 e. The fourth-order valence-corrected chi connectivity index (χ4v) is 1.98. The highest BCUT2D eigenvalue weighted by atomic mass is 16.2. The number of benzene rings is 1. The molecule has 1 heterocycles. The van der Waals surface area contributed by atoms with Crippen LogP contribution in [0.3, 0.4) is 0 Å². The number of hydrogen-bond donors (Lipinski definition) is 1. The van der Waals surface area contributed by atoms with Crippen LogP contribution in [0.5, 0.6) is 0 Å². The highest BCUT2D eigenvalue weighted by Gasteiger charge is 2.28. The molecule has 0 aromatic heterocycles. The fourth-order valence-electron chi connectivity index (χ4n) is 1.98. The van der Waals surface area contributed by atoms with Crippen molar-refractivity contribution in [1.82, 2.24) is 0 Å². The van der Waals surface area contributed by atoms with E-state index in [0.29, 0.717) is 13.0 Å². The molecule has 0 bridgehead atoms. The van der Waals surface area contributed by atoms with Crippen molar-refractivity contribution in [2.75, 3.05) is 11.4 Å². The topological polar surface area (TPSA) is 46.3 Å². The Bertz CT molecular complexity index is 401. The number of nitrogens with two attached hydrogens (primary N) is 1. The van der Waals surface area contributed by atoms with E-state index >= 15 is 0 Å². The second-order valence-corrected chi connectivity index (χ2v) is 4.26. The fraction of sp³-hybridized carbons (Fsp3) is 0.417. The van der Waals surface area contributed by atoms with Crippen LogP contribution in [0.4, 0.5) is 5.69 Å². The maximum Gasteiger partial charge on any atom is 0.228 e. The first-order valence-corrected chi connectivity index (χ1v) is 5.21. The summed E-state index contributed by atoms with van der Waals surface area (Å²) in [6, 6.07) is 6.13. The molecule has 0 aliphatic carbocycles. The van der Waals surface area contributed by atoms with Crippen molar-refractivity contribution in [2.24, 2.45) is 5.73 Å². The third kappa shape index (κ3) is 1.88. The zero-order valence-corrected chi connectivity index (χ0v) is 9.16. The first-order valence-electron chi connectivity index (χ1n) is 5.21. The lowest BCUT2D eigenvalue weighted by Gasteiger charge is -2.19. The smallest absolute Gasteiger partial charge is 0.228 e. The monoisotopic (exact) mass is 204 g/mol. The van der Waals surface area contributed by atoms with Crippen LogP contribution in [0.2, 0.25) is 0 Å². The minimum absolute atomic E-state index is 0.0163. The van der Waals surface area contributed by atoms with Crippen LogP contribution in [0.25, 0.3) is 0 Å². The van der Waals surface area contributed by atoms with Gasteiger partial charge in [-0.1, -0.05) is 12.1 Å². The lowest BCUT2D eigenvalue weighted by molar-refractivity contribution is -0.117. The van der Waals surface area contributed by atoms with Gasteiger partial charge in [-0.15, -0.1) is 0 Å². The Kier molecular flexibility index (Phi) is 2.49. The lowest BCUT2D eigenvalue weighted by Crippen LogP contribution is -2.28. The van der Waals surface area contributed by atoms with E-state index in [-0.39, 0.29) is 11.9 Å². The van der Waals surface area contributed by atoms with E-state index in [2.05, 4.69) is 6.07 Å². The molecule has 1 saturated heterocycles. The summed E-state index contributed by atoms with van der Waals surface area (Å²) in [5.74, 6) is 0.135. The van der Waals surface area contributed by atoms with Crippen LogP contribution >= 0.6 is 0 Å². The van der Waals surface area contributed by atoms with Gasteiger partial charge in [0.25, 0.3) is 0 Å². The number of carbonyl (C=O) groups excluding carboxylic acids is 1. The average molecular weight is 204 g/mol. The number of hydrogen-bond acceptors (Lipinski definition) is 2. The quantitative estimate of drug-likeness (QED) is 0.751. The highest BCUT2D eigenvalue weighted by molar-refractivity contribution is 5.96. The minimum atomic E-state index is -0.0163. The van der Waals surface area contributed by atoms with Crippen LogP contribution in [0.15, 0.2) is 18.2 Å². The molecule has 2 N–H and O–H groups in total. The van der Waals surface area contributed by atoms with E-state index in [1.54, 1.807) is 4.90 Å². The van der Waals surface area contributed by atoms with Gasteiger partial charge in [-0.3, -0.25) is 4.79 Å². The van der Waals surface area contributed by atoms with Gasteiger partial charge in [0.1, 0.15) is 0 Å². The van der Waals surface area contributed by atoms with E-state index in [1.807, 2.05) is 26.0 Å². The van der Waals surface area contributed by atoms with Gasteiger partial charge in [-0.05, 0) is 31.0 Å². The SMILES string of the molecule is Cc1ccc(C)c(N2CC(N)CC2=O)c1. The molecule has 1 aromatic rings. The van der Waals surface area contributed by atoms with Crippen molar-refractivity contribution in [3.63, 3.8) is 0 Å². The second kappa shape index (κ2) is 3.66. The zero-order chi connectivity index (χ0) is 11.0. The molecule has 1 aliphatic heterocycles. The average Bonchev–Trinajstić information content (AvgIpc) is 2.50. The predicted molar refractivity (Wildman–Crippen MR) is 60.9 cm³/mol. The van der Waals surface area contributed by atoms with Gasteiger partial charge in [0.05, 0.1) is 0 Å². The molecular weight excluding hydrogens is 188 g/mol. The van der Waals surface area contributed by atoms with E-state index in [4.69, 9.17) is 5.73 Å². The van der Waals surface area contributed by atoms with Gasteiger partial charge in [-0.25, -0.2) is 0 Å². The van der Waals surface area contributed by atoms with Crippen LogP contribution in [-0.2, 0) is 4.79 Å². The van der Waals surface area contributed by atoms with Crippen molar-refractivity contribution in [3.8, 4) is 0 Å². The molecule has 3 nitrogen and oxygen atoms in total. The maximum atomic E-state index is 11.7. The number of anilines is 1. The molecule has 0 saturated carbocycles. The standard InChI is InChI=1S/C12H16N2O/c1-8-3-4-9(2)11(5-8)14-7-10(13)6-12(14)15/h3-5,10H,6-7,13H2,1-2H3. The molecule has 1 aliphatic rings. The van der Waals surface area contributed by atoms with Gasteiger partial charge >= 0.3 is 0 Å². The Hall–Kier alpha value is -1.35. The lowest BCUT2D eigenvalue weighted by atomic mass is 10.1. The second-order valence-electron chi connectivity index (χ2n) is 4.26. The third-order valence-corrected chi connectivity index (χ3v) is 2.81. The van der Waals surface area contributed by atoms with Gasteiger partial charge < -0.3 is 10.6 Å². The summed E-state index contributed by atoms with van der Waals surface area (Å²) in [7, 11) is 0. The molecule has 0 radical (unpaired) electrons. The molecule has 2 rings (SSSR count). The zero-order valence-electron chi connectivity index (χ0n) is 9.16. The number of amides is 1. The molecule has 1 fully saturated rings. The number of aryl methyl sites for hydroxylation is 2. The summed E-state index contributed by atoms with van der Waals surface area (Å²) >= 11 is 0. The van der Waals surface area contributed by atoms with E-state index in [1.165, 1.54) is 5.56 Å². The molecular formula is C12H16N2O. The normalized spacial score (nSPS) is 21.1. The summed E-state index contributed by atoms with van der Waals surface area (Å²) in [6.07, 6.45) is 0.466. The summed E-state index contributed by atoms with van der Waals surface area (Å²) in [5, 5.41) is 0. The van der Waals surface area contributed by atoms with Crippen LogP contribution in [-0.4, -0.2) is 18.5 Å². The highest BCUT2D eigenvalue weighted by Crippen LogP contribution is 2.25. The number of carbonyl (C=O) groups is 1. The number of nitrogens with zero attached hydrogens (tertiary/aromatic N) is 1. The summed E-state index contributed by atoms with van der Waals surface area (Å²) in [4.78, 5) is 13.5. The molecule has 1 atom stereocenters. The Labute approximate surface area is 89.9 Å². The van der Waals surface area contributed by atoms with Crippen molar-refractivity contribution < 1.29 is 4.79 Å². The Morgan fingerprint density at radius 1 is 1.40 bits per heavy atom. The van der Waals surface area contributed by atoms with Gasteiger partial charge in [-0.2, -0.15) is 0 Å². The Morgan fingerprint density at radius 3 is 2.73 bits per heavy atom. The third-order valence-electron chi connectivity index (χ3n) is 2.81. The molecule has 0 spiro atoms. The van der Waals surface area contributed by atoms with Crippen LogP contribution in [0.1, 0.15) is 17.5 Å². The summed E-state index contributed by atoms with van der Waals surface area (Å²) in [6.45, 7) is 4.69. The Morgan fingerprint density at radius 2 is 2.13 bits per heavy atom. The van der Waals surface area contributed by atoms with Crippen LogP contribution < -0.4 is 10.6 Å². The van der Waals surface area contributed by atoms with E-state index in [9.17, 15) is 4.79 Å². The van der Waals surface area contributed by atoms with E-state index < -0.39 is 0 Å². The minimum Gasteiger partial charge on any atom is -0.326 e. The van der Waals surface area contributed by atoms with Gasteiger partial charge in [0, 0.05) is 24.7 Å². The van der Waals surface area contributed by atoms with Crippen molar-refractivity contribution in [1.29, 1.82) is 0 Å². The summed E-state index contributed by atoms with van der Waals surface area (Å²) in [5.41, 5.74) is 9.08. The molecule has 1 unspecified atom stereocenters. The van der Waals surface area contributed by atoms with Crippen molar-refractivity contribution in [2.45, 2.75) is 26.3 Å². The molecule has 15 heavy (non-hydrogen) atoms.